The van der Waals surface area contributed by atoms with E-state index in [0.29, 0.717) is 16.7 Å². The van der Waals surface area contributed by atoms with Crippen LogP contribution in [0.15, 0.2) is 47.6 Å². The number of hydrogen-bond acceptors (Lipinski definition) is 4. The normalized spacial score (nSPS) is 10.7. The second-order valence-electron chi connectivity index (χ2n) is 4.90. The molecule has 0 aliphatic carbocycles. The van der Waals surface area contributed by atoms with E-state index in [4.69, 9.17) is 0 Å². The fourth-order valence-electron chi connectivity index (χ4n) is 1.91. The highest BCUT2D eigenvalue weighted by molar-refractivity contribution is 5.84. The molecule has 2 aromatic carbocycles. The van der Waals surface area contributed by atoms with E-state index < -0.39 is 4.92 Å². The molecular formula is C16H14FN3O3. The minimum absolute atomic E-state index is 0.00779. The minimum atomic E-state index is -0.472. The zero-order valence-corrected chi connectivity index (χ0v) is 12.3. The van der Waals surface area contributed by atoms with Crippen LogP contribution in [0, 0.1) is 22.9 Å². The van der Waals surface area contributed by atoms with Crippen molar-refractivity contribution in [2.24, 2.45) is 5.10 Å². The monoisotopic (exact) mass is 315 g/mol. The number of aryl methyl sites for hydroxylation is 1. The van der Waals surface area contributed by atoms with Crippen molar-refractivity contribution < 1.29 is 14.1 Å². The molecule has 7 heteroatoms. The lowest BCUT2D eigenvalue weighted by Crippen LogP contribution is -2.19. The van der Waals surface area contributed by atoms with Crippen LogP contribution in [0.1, 0.15) is 16.7 Å². The molecule has 0 saturated carbocycles. The average molecular weight is 315 g/mol. The quantitative estimate of drug-likeness (QED) is 0.523. The minimum Gasteiger partial charge on any atom is -0.273 e. The van der Waals surface area contributed by atoms with Gasteiger partial charge in [0.25, 0.3) is 5.69 Å². The van der Waals surface area contributed by atoms with Crippen molar-refractivity contribution in [2.75, 3.05) is 0 Å². The predicted molar refractivity (Wildman–Crippen MR) is 83.7 cm³/mol. The molecule has 0 atom stereocenters. The third-order valence-corrected chi connectivity index (χ3v) is 3.11. The van der Waals surface area contributed by atoms with Gasteiger partial charge < -0.3 is 0 Å². The summed E-state index contributed by atoms with van der Waals surface area (Å²) in [5.74, 6) is -0.734. The maximum absolute atomic E-state index is 12.8. The molecule has 118 valence electrons. The SMILES string of the molecule is Cc1ccc(/C=N/NC(=O)Cc2ccc(F)cc2)cc1[N+](=O)[O-]. The summed E-state index contributed by atoms with van der Waals surface area (Å²) in [6, 6.07) is 10.2. The number of hydrazone groups is 1. The fourth-order valence-corrected chi connectivity index (χ4v) is 1.91. The lowest BCUT2D eigenvalue weighted by molar-refractivity contribution is -0.385. The van der Waals surface area contributed by atoms with Crippen LogP contribution in [0.3, 0.4) is 0 Å². The Morgan fingerprint density at radius 2 is 2.00 bits per heavy atom. The van der Waals surface area contributed by atoms with Crippen molar-refractivity contribution in [2.45, 2.75) is 13.3 Å². The van der Waals surface area contributed by atoms with Gasteiger partial charge in [-0.2, -0.15) is 5.10 Å². The van der Waals surface area contributed by atoms with E-state index in [-0.39, 0.29) is 23.8 Å². The van der Waals surface area contributed by atoms with Crippen molar-refractivity contribution in [3.8, 4) is 0 Å². The first-order valence-corrected chi connectivity index (χ1v) is 6.77. The summed E-state index contributed by atoms with van der Waals surface area (Å²) in [6.07, 6.45) is 1.39. The summed E-state index contributed by atoms with van der Waals surface area (Å²) in [5.41, 5.74) is 4.03. The van der Waals surface area contributed by atoms with Crippen LogP contribution in [-0.4, -0.2) is 17.0 Å². The van der Waals surface area contributed by atoms with Crippen LogP contribution >= 0.6 is 0 Å². The number of nitrogens with zero attached hydrogens (tertiary/aromatic N) is 2. The molecule has 0 unspecified atom stereocenters. The Labute approximate surface area is 131 Å². The Morgan fingerprint density at radius 1 is 1.30 bits per heavy atom. The molecule has 0 aliphatic rings. The number of halogens is 1. The fraction of sp³-hybridized carbons (Fsp3) is 0.125. The maximum Gasteiger partial charge on any atom is 0.272 e. The van der Waals surface area contributed by atoms with Gasteiger partial charge in [-0.25, -0.2) is 9.82 Å². The highest BCUT2D eigenvalue weighted by Gasteiger charge is 2.10. The van der Waals surface area contributed by atoms with Gasteiger partial charge in [-0.1, -0.05) is 24.3 Å². The van der Waals surface area contributed by atoms with Gasteiger partial charge in [-0.3, -0.25) is 14.9 Å². The highest BCUT2D eigenvalue weighted by Crippen LogP contribution is 2.18. The number of nitro groups is 1. The molecule has 0 fully saturated rings. The number of nitro benzene ring substituents is 1. The molecule has 23 heavy (non-hydrogen) atoms. The van der Waals surface area contributed by atoms with Crippen molar-refractivity contribution in [3.63, 3.8) is 0 Å². The number of carbonyl (C=O) groups is 1. The first-order chi connectivity index (χ1) is 11.0. The molecule has 1 N–H and O–H groups in total. The van der Waals surface area contributed by atoms with Crippen LogP contribution in [0.2, 0.25) is 0 Å². The van der Waals surface area contributed by atoms with Crippen LogP contribution in [0.5, 0.6) is 0 Å². The second kappa shape index (κ2) is 7.26. The molecule has 0 radical (unpaired) electrons. The molecule has 6 nitrogen and oxygen atoms in total. The Hall–Kier alpha value is -3.09. The number of nitrogens with one attached hydrogen (secondary N) is 1. The van der Waals surface area contributed by atoms with E-state index in [1.165, 1.54) is 36.5 Å². The van der Waals surface area contributed by atoms with Gasteiger partial charge in [0.15, 0.2) is 0 Å². The summed E-state index contributed by atoms with van der Waals surface area (Å²) in [4.78, 5) is 22.1. The van der Waals surface area contributed by atoms with Crippen molar-refractivity contribution in [1.29, 1.82) is 0 Å². The topological polar surface area (TPSA) is 84.6 Å². The summed E-state index contributed by atoms with van der Waals surface area (Å²) >= 11 is 0. The number of benzene rings is 2. The molecular weight excluding hydrogens is 301 g/mol. The maximum atomic E-state index is 12.8. The molecule has 0 saturated heterocycles. The first-order valence-electron chi connectivity index (χ1n) is 6.77. The molecule has 0 aliphatic heterocycles. The van der Waals surface area contributed by atoms with E-state index in [2.05, 4.69) is 10.5 Å². The summed E-state index contributed by atoms with van der Waals surface area (Å²) in [7, 11) is 0. The van der Waals surface area contributed by atoms with E-state index >= 15 is 0 Å². The van der Waals surface area contributed by atoms with E-state index in [1.807, 2.05) is 0 Å². The van der Waals surface area contributed by atoms with E-state index in [0.717, 1.165) is 0 Å². The standard InChI is InChI=1S/C16H14FN3O3/c1-11-2-3-13(8-15(11)20(22)23)10-18-19-16(21)9-12-4-6-14(17)7-5-12/h2-8,10H,9H2,1H3,(H,19,21)/b18-10+. The van der Waals surface area contributed by atoms with Crippen molar-refractivity contribution in [3.05, 3.63) is 75.1 Å². The Kier molecular flexibility index (Phi) is 5.14. The van der Waals surface area contributed by atoms with Gasteiger partial charge in [0.2, 0.25) is 5.91 Å². The number of amides is 1. The van der Waals surface area contributed by atoms with Gasteiger partial charge >= 0.3 is 0 Å². The van der Waals surface area contributed by atoms with Gasteiger partial charge in [0.1, 0.15) is 5.82 Å². The van der Waals surface area contributed by atoms with Gasteiger partial charge in [-0.15, -0.1) is 0 Å². The summed E-state index contributed by atoms with van der Waals surface area (Å²) in [6.45, 7) is 1.64. The first kappa shape index (κ1) is 16.3. The zero-order chi connectivity index (χ0) is 16.8. The van der Waals surface area contributed by atoms with E-state index in [9.17, 15) is 19.3 Å². The summed E-state index contributed by atoms with van der Waals surface area (Å²) < 4.78 is 12.8. The number of carbonyl (C=O) groups excluding carboxylic acids is 1. The van der Waals surface area contributed by atoms with Crippen LogP contribution in [0.4, 0.5) is 10.1 Å². The predicted octanol–water partition coefficient (Wildman–Crippen LogP) is 2.74. The average Bonchev–Trinajstić information content (AvgIpc) is 2.51. The van der Waals surface area contributed by atoms with Gasteiger partial charge in [0.05, 0.1) is 17.6 Å². The Bertz CT molecular complexity index is 758. The number of rotatable bonds is 5. The van der Waals surface area contributed by atoms with Crippen molar-refractivity contribution >= 4 is 17.8 Å². The second-order valence-corrected chi connectivity index (χ2v) is 4.90. The smallest absolute Gasteiger partial charge is 0.272 e. The third-order valence-electron chi connectivity index (χ3n) is 3.11. The Balaban J connectivity index is 1.96. The van der Waals surface area contributed by atoms with E-state index in [1.54, 1.807) is 19.1 Å². The molecule has 0 bridgehead atoms. The molecule has 2 rings (SSSR count). The lowest BCUT2D eigenvalue weighted by atomic mass is 10.1. The largest absolute Gasteiger partial charge is 0.273 e. The molecule has 0 spiro atoms. The van der Waals surface area contributed by atoms with Crippen LogP contribution in [-0.2, 0) is 11.2 Å². The lowest BCUT2D eigenvalue weighted by Gasteiger charge is -2.01. The molecule has 0 aromatic heterocycles. The molecule has 1 amide bonds. The van der Waals surface area contributed by atoms with Crippen LogP contribution < -0.4 is 5.43 Å². The molecule has 0 heterocycles. The number of hydrogen-bond donors (Lipinski definition) is 1. The highest BCUT2D eigenvalue weighted by atomic mass is 19.1. The third kappa shape index (κ3) is 4.70. The zero-order valence-electron chi connectivity index (χ0n) is 12.3. The van der Waals surface area contributed by atoms with Crippen LogP contribution in [0.25, 0.3) is 0 Å². The van der Waals surface area contributed by atoms with Gasteiger partial charge in [0, 0.05) is 17.2 Å². The van der Waals surface area contributed by atoms with Crippen molar-refractivity contribution in [1.82, 2.24) is 5.43 Å². The molecule has 2 aromatic rings. The van der Waals surface area contributed by atoms with Gasteiger partial charge in [-0.05, 0) is 24.6 Å². The summed E-state index contributed by atoms with van der Waals surface area (Å²) in [5, 5.41) is 14.6. The Morgan fingerprint density at radius 3 is 2.65 bits per heavy atom.